The molecule has 104 valence electrons. The average Bonchev–Trinajstić information content (AvgIpc) is 2.33. The van der Waals surface area contributed by atoms with Gasteiger partial charge in [0, 0.05) is 31.8 Å². The van der Waals surface area contributed by atoms with Crippen molar-refractivity contribution in [2.24, 2.45) is 0 Å². The third-order valence-electron chi connectivity index (χ3n) is 2.73. The largest absolute Gasteiger partial charge is 0.356 e. The van der Waals surface area contributed by atoms with E-state index in [1.54, 1.807) is 0 Å². The van der Waals surface area contributed by atoms with E-state index < -0.39 is 0 Å². The fourth-order valence-corrected chi connectivity index (χ4v) is 1.49. The first-order valence-corrected chi connectivity index (χ1v) is 6.55. The molecule has 2 N–H and O–H groups in total. The molecule has 0 rings (SSSR count). The van der Waals surface area contributed by atoms with Gasteiger partial charge in [-0.2, -0.15) is 0 Å². The summed E-state index contributed by atoms with van der Waals surface area (Å²) in [5.74, 6) is -0.229. The Labute approximate surface area is 109 Å². The summed E-state index contributed by atoms with van der Waals surface area (Å²) in [6, 6.07) is 0.214. The molecule has 0 unspecified atom stereocenters. The minimum Gasteiger partial charge on any atom is -0.356 e. The summed E-state index contributed by atoms with van der Waals surface area (Å²) in [7, 11) is 0. The Morgan fingerprint density at radius 3 is 2.06 bits per heavy atom. The van der Waals surface area contributed by atoms with Gasteiger partial charge in [0.15, 0.2) is 0 Å². The van der Waals surface area contributed by atoms with E-state index in [0.717, 1.165) is 12.8 Å². The molecule has 0 fully saturated rings. The quantitative estimate of drug-likeness (QED) is 0.650. The third kappa shape index (κ3) is 8.73. The van der Waals surface area contributed by atoms with Gasteiger partial charge in [0.05, 0.1) is 0 Å². The van der Waals surface area contributed by atoms with Crippen LogP contribution in [0.15, 0.2) is 0 Å². The Hall–Kier alpha value is -1.39. The van der Waals surface area contributed by atoms with Crippen LogP contribution in [0.25, 0.3) is 0 Å². The van der Waals surface area contributed by atoms with Crippen molar-refractivity contribution in [3.8, 4) is 0 Å². The van der Waals surface area contributed by atoms with Crippen LogP contribution in [0.2, 0.25) is 0 Å². The van der Waals surface area contributed by atoms with Crippen LogP contribution in [0.1, 0.15) is 52.9 Å². The molecule has 18 heavy (non-hydrogen) atoms. The summed E-state index contributed by atoms with van der Waals surface area (Å²) in [5.41, 5.74) is 0. The Morgan fingerprint density at radius 2 is 1.56 bits per heavy atom. The summed E-state index contributed by atoms with van der Waals surface area (Å²) in [6.07, 6.45) is 2.55. The standard InChI is InChI=1S/C13H24N2O3/c1-4-11(5-2)15-13(18)8-9-14-12(17)7-6-10(3)16/h11H,4-9H2,1-3H3,(H,14,17)(H,15,18). The van der Waals surface area contributed by atoms with Crippen molar-refractivity contribution >= 4 is 17.6 Å². The average molecular weight is 256 g/mol. The molecule has 0 spiro atoms. The van der Waals surface area contributed by atoms with E-state index in [-0.39, 0.29) is 42.9 Å². The number of hydrogen-bond acceptors (Lipinski definition) is 3. The highest BCUT2D eigenvalue weighted by atomic mass is 16.2. The number of Topliss-reactive ketones (excluding diaryl/α,β-unsaturated/α-hetero) is 1. The fourth-order valence-electron chi connectivity index (χ4n) is 1.49. The Balaban J connectivity index is 3.67. The molecule has 0 radical (unpaired) electrons. The molecule has 0 aromatic carbocycles. The van der Waals surface area contributed by atoms with Gasteiger partial charge in [-0.15, -0.1) is 0 Å². The van der Waals surface area contributed by atoms with Crippen molar-refractivity contribution in [2.75, 3.05) is 6.54 Å². The topological polar surface area (TPSA) is 75.3 Å². The molecule has 0 aliphatic rings. The highest BCUT2D eigenvalue weighted by Crippen LogP contribution is 1.96. The number of amides is 2. The molecule has 0 saturated heterocycles. The Morgan fingerprint density at radius 1 is 0.944 bits per heavy atom. The summed E-state index contributed by atoms with van der Waals surface area (Å²) < 4.78 is 0. The van der Waals surface area contributed by atoms with Crippen LogP contribution < -0.4 is 10.6 Å². The lowest BCUT2D eigenvalue weighted by Crippen LogP contribution is -2.36. The number of nitrogens with one attached hydrogen (secondary N) is 2. The summed E-state index contributed by atoms with van der Waals surface area (Å²) in [4.78, 5) is 33.4. The van der Waals surface area contributed by atoms with Gasteiger partial charge in [-0.1, -0.05) is 13.8 Å². The van der Waals surface area contributed by atoms with Crippen LogP contribution in [0.5, 0.6) is 0 Å². The highest BCUT2D eigenvalue weighted by Gasteiger charge is 2.08. The predicted octanol–water partition coefficient (Wildman–Crippen LogP) is 1.17. The lowest BCUT2D eigenvalue weighted by atomic mass is 10.1. The van der Waals surface area contributed by atoms with Crippen LogP contribution in [-0.2, 0) is 14.4 Å². The van der Waals surface area contributed by atoms with E-state index in [2.05, 4.69) is 10.6 Å². The maximum absolute atomic E-state index is 11.5. The van der Waals surface area contributed by atoms with Crippen molar-refractivity contribution in [3.63, 3.8) is 0 Å². The molecule has 5 nitrogen and oxygen atoms in total. The van der Waals surface area contributed by atoms with Gasteiger partial charge in [0.1, 0.15) is 5.78 Å². The minimum atomic E-state index is -0.180. The fraction of sp³-hybridized carbons (Fsp3) is 0.769. The monoisotopic (exact) mass is 256 g/mol. The van der Waals surface area contributed by atoms with Gasteiger partial charge in [0.2, 0.25) is 11.8 Å². The zero-order chi connectivity index (χ0) is 14.0. The van der Waals surface area contributed by atoms with Crippen LogP contribution in [0.3, 0.4) is 0 Å². The molecule has 2 amide bonds. The molecule has 0 saturated carbocycles. The van der Waals surface area contributed by atoms with E-state index >= 15 is 0 Å². The molecular weight excluding hydrogens is 232 g/mol. The molecule has 0 atom stereocenters. The smallest absolute Gasteiger partial charge is 0.221 e. The lowest BCUT2D eigenvalue weighted by molar-refractivity contribution is -0.125. The second kappa shape index (κ2) is 9.62. The summed E-state index contributed by atoms with van der Waals surface area (Å²) >= 11 is 0. The van der Waals surface area contributed by atoms with Crippen LogP contribution in [-0.4, -0.2) is 30.2 Å². The molecule has 0 aromatic heterocycles. The number of carbonyl (C=O) groups excluding carboxylic acids is 3. The Kier molecular flexibility index (Phi) is 8.88. The van der Waals surface area contributed by atoms with Crippen molar-refractivity contribution in [2.45, 2.75) is 58.9 Å². The van der Waals surface area contributed by atoms with Gasteiger partial charge in [0.25, 0.3) is 0 Å². The van der Waals surface area contributed by atoms with E-state index in [9.17, 15) is 14.4 Å². The van der Waals surface area contributed by atoms with Gasteiger partial charge in [-0.25, -0.2) is 0 Å². The van der Waals surface area contributed by atoms with Crippen molar-refractivity contribution in [1.82, 2.24) is 10.6 Å². The number of ketones is 1. The third-order valence-corrected chi connectivity index (χ3v) is 2.73. The first-order chi connectivity index (χ1) is 8.49. The molecule has 0 aliphatic carbocycles. The van der Waals surface area contributed by atoms with E-state index in [1.807, 2.05) is 13.8 Å². The van der Waals surface area contributed by atoms with Gasteiger partial charge < -0.3 is 15.4 Å². The number of rotatable bonds is 9. The minimum absolute atomic E-state index is 0.00312. The van der Waals surface area contributed by atoms with Gasteiger partial charge >= 0.3 is 0 Å². The maximum Gasteiger partial charge on any atom is 0.221 e. The normalized spacial score (nSPS) is 10.2. The highest BCUT2D eigenvalue weighted by molar-refractivity contribution is 5.84. The zero-order valence-electron chi connectivity index (χ0n) is 11.5. The summed E-state index contributed by atoms with van der Waals surface area (Å²) in [5, 5.41) is 5.52. The van der Waals surface area contributed by atoms with Gasteiger partial charge in [-0.3, -0.25) is 9.59 Å². The van der Waals surface area contributed by atoms with Crippen molar-refractivity contribution < 1.29 is 14.4 Å². The van der Waals surface area contributed by atoms with E-state index in [1.165, 1.54) is 6.92 Å². The first kappa shape index (κ1) is 16.6. The summed E-state index contributed by atoms with van der Waals surface area (Å²) in [6.45, 7) is 5.83. The predicted molar refractivity (Wildman–Crippen MR) is 70.1 cm³/mol. The van der Waals surface area contributed by atoms with Gasteiger partial charge in [-0.05, 0) is 19.8 Å². The molecule has 0 heterocycles. The van der Waals surface area contributed by atoms with Crippen LogP contribution in [0, 0.1) is 0 Å². The second-order valence-corrected chi connectivity index (χ2v) is 4.38. The van der Waals surface area contributed by atoms with Crippen molar-refractivity contribution in [3.05, 3.63) is 0 Å². The Bertz CT molecular complexity index is 286. The van der Waals surface area contributed by atoms with Crippen LogP contribution in [0.4, 0.5) is 0 Å². The lowest BCUT2D eigenvalue weighted by Gasteiger charge is -2.14. The van der Waals surface area contributed by atoms with Crippen LogP contribution >= 0.6 is 0 Å². The first-order valence-electron chi connectivity index (χ1n) is 6.55. The molecule has 0 aliphatic heterocycles. The second-order valence-electron chi connectivity index (χ2n) is 4.38. The number of hydrogen-bond donors (Lipinski definition) is 2. The maximum atomic E-state index is 11.5. The van der Waals surface area contributed by atoms with Crippen molar-refractivity contribution in [1.29, 1.82) is 0 Å². The molecule has 0 aromatic rings. The molecule has 0 bridgehead atoms. The number of carbonyl (C=O) groups is 3. The molecule has 5 heteroatoms. The van der Waals surface area contributed by atoms with E-state index in [0.29, 0.717) is 6.54 Å². The SMILES string of the molecule is CCC(CC)NC(=O)CCNC(=O)CCC(C)=O. The zero-order valence-corrected chi connectivity index (χ0v) is 11.5. The van der Waals surface area contributed by atoms with E-state index in [4.69, 9.17) is 0 Å². The molecular formula is C13H24N2O3.